The van der Waals surface area contributed by atoms with Crippen LogP contribution < -0.4 is 14.8 Å². The molecule has 0 radical (unpaired) electrons. The molecule has 17 heavy (non-hydrogen) atoms. The highest BCUT2D eigenvalue weighted by molar-refractivity contribution is 5.68. The fourth-order valence-corrected chi connectivity index (χ4v) is 1.27. The Kier molecular flexibility index (Phi) is 5.88. The fourth-order valence-electron chi connectivity index (χ4n) is 1.27. The van der Waals surface area contributed by atoms with Gasteiger partial charge in [0.25, 0.3) is 0 Å². The molecule has 0 bridgehead atoms. The largest absolute Gasteiger partial charge is 0.490 e. The third kappa shape index (κ3) is 5.21. The van der Waals surface area contributed by atoms with Crippen LogP contribution in [0.1, 0.15) is 6.92 Å². The first-order valence-corrected chi connectivity index (χ1v) is 5.51. The van der Waals surface area contributed by atoms with E-state index >= 15 is 0 Å². The molecule has 5 nitrogen and oxygen atoms in total. The van der Waals surface area contributed by atoms with Gasteiger partial charge in [-0.3, -0.25) is 4.79 Å². The van der Waals surface area contributed by atoms with E-state index in [9.17, 15) is 4.79 Å². The van der Waals surface area contributed by atoms with Crippen LogP contribution in [0, 0.1) is 0 Å². The Morgan fingerprint density at radius 3 is 2.53 bits per heavy atom. The Hall–Kier alpha value is -1.75. The lowest BCUT2D eigenvalue weighted by molar-refractivity contribution is -0.135. The zero-order chi connectivity index (χ0) is 12.5. The van der Waals surface area contributed by atoms with E-state index in [1.54, 1.807) is 0 Å². The maximum atomic E-state index is 10.2. The number of hydrogen-bond donors (Lipinski definition) is 2. The van der Waals surface area contributed by atoms with Crippen LogP contribution in [-0.2, 0) is 4.79 Å². The molecular weight excluding hydrogens is 222 g/mol. The zero-order valence-electron chi connectivity index (χ0n) is 9.81. The molecule has 0 aromatic heterocycles. The Balaban J connectivity index is 2.33. The van der Waals surface area contributed by atoms with E-state index in [1.807, 2.05) is 31.2 Å². The Labute approximate surface area is 100 Å². The summed E-state index contributed by atoms with van der Waals surface area (Å²) in [5.74, 6) is 0.499. The highest BCUT2D eigenvalue weighted by atomic mass is 16.5. The lowest BCUT2D eigenvalue weighted by atomic mass is 10.3. The van der Waals surface area contributed by atoms with Gasteiger partial charge in [-0.2, -0.15) is 0 Å². The van der Waals surface area contributed by atoms with Gasteiger partial charge in [-0.1, -0.05) is 12.1 Å². The first kappa shape index (κ1) is 13.3. The van der Waals surface area contributed by atoms with Crippen molar-refractivity contribution in [3.05, 3.63) is 24.3 Å². The van der Waals surface area contributed by atoms with Gasteiger partial charge in [0.05, 0.1) is 13.2 Å². The molecule has 0 aliphatic rings. The van der Waals surface area contributed by atoms with Crippen molar-refractivity contribution in [2.24, 2.45) is 0 Å². The van der Waals surface area contributed by atoms with E-state index in [1.165, 1.54) is 0 Å². The molecule has 0 aliphatic heterocycles. The van der Waals surface area contributed by atoms with Gasteiger partial charge in [0.15, 0.2) is 11.5 Å². The van der Waals surface area contributed by atoms with Crippen LogP contribution in [0.4, 0.5) is 0 Å². The number of carboxylic acid groups (broad SMARTS) is 1. The summed E-state index contributed by atoms with van der Waals surface area (Å²) in [7, 11) is 0. The van der Waals surface area contributed by atoms with Crippen molar-refractivity contribution in [3.8, 4) is 11.5 Å². The molecule has 0 atom stereocenters. The predicted molar refractivity (Wildman–Crippen MR) is 63.6 cm³/mol. The SMILES string of the molecule is CCOc1ccccc1OCCNCC(=O)O. The summed E-state index contributed by atoms with van der Waals surface area (Å²) in [6.45, 7) is 3.31. The molecule has 2 N–H and O–H groups in total. The van der Waals surface area contributed by atoms with Crippen LogP contribution in [0.2, 0.25) is 0 Å². The average molecular weight is 239 g/mol. The van der Waals surface area contributed by atoms with E-state index in [0.717, 1.165) is 0 Å². The second-order valence-corrected chi connectivity index (χ2v) is 3.30. The summed E-state index contributed by atoms with van der Waals surface area (Å²) < 4.78 is 10.9. The maximum Gasteiger partial charge on any atom is 0.317 e. The number of para-hydroxylation sites is 2. The fraction of sp³-hybridized carbons (Fsp3) is 0.417. The van der Waals surface area contributed by atoms with Gasteiger partial charge < -0.3 is 19.9 Å². The molecule has 0 heterocycles. The normalized spacial score (nSPS) is 9.94. The molecule has 0 saturated carbocycles. The molecule has 5 heteroatoms. The minimum absolute atomic E-state index is 0.0591. The number of ether oxygens (including phenoxy) is 2. The van der Waals surface area contributed by atoms with Crippen molar-refractivity contribution in [2.75, 3.05) is 26.3 Å². The third-order valence-electron chi connectivity index (χ3n) is 1.96. The molecule has 1 aromatic rings. The Bertz CT molecular complexity index is 354. The van der Waals surface area contributed by atoms with Crippen molar-refractivity contribution < 1.29 is 19.4 Å². The Morgan fingerprint density at radius 2 is 1.94 bits per heavy atom. The molecule has 94 valence electrons. The van der Waals surface area contributed by atoms with Gasteiger partial charge in [-0.05, 0) is 19.1 Å². The van der Waals surface area contributed by atoms with Gasteiger partial charge in [0, 0.05) is 6.54 Å². The molecule has 1 aromatic carbocycles. The molecule has 0 aliphatic carbocycles. The Morgan fingerprint density at radius 1 is 1.29 bits per heavy atom. The van der Waals surface area contributed by atoms with Crippen molar-refractivity contribution >= 4 is 5.97 Å². The van der Waals surface area contributed by atoms with Crippen LogP contribution in [0.15, 0.2) is 24.3 Å². The van der Waals surface area contributed by atoms with Crippen LogP contribution in [0.3, 0.4) is 0 Å². The standard InChI is InChI=1S/C12H17NO4/c1-2-16-10-5-3-4-6-11(10)17-8-7-13-9-12(14)15/h3-6,13H,2,7-9H2,1H3,(H,14,15). The molecular formula is C12H17NO4. The van der Waals surface area contributed by atoms with Crippen molar-refractivity contribution in [1.29, 1.82) is 0 Å². The number of hydrogen-bond acceptors (Lipinski definition) is 4. The predicted octanol–water partition coefficient (Wildman–Crippen LogP) is 1.14. The lowest BCUT2D eigenvalue weighted by Crippen LogP contribution is -2.27. The first-order chi connectivity index (χ1) is 8.24. The van der Waals surface area contributed by atoms with Gasteiger partial charge in [0.2, 0.25) is 0 Å². The second kappa shape index (κ2) is 7.51. The highest BCUT2D eigenvalue weighted by Crippen LogP contribution is 2.25. The molecule has 0 saturated heterocycles. The summed E-state index contributed by atoms with van der Waals surface area (Å²) in [6.07, 6.45) is 0. The third-order valence-corrected chi connectivity index (χ3v) is 1.96. The molecule has 0 unspecified atom stereocenters. The topological polar surface area (TPSA) is 67.8 Å². The van der Waals surface area contributed by atoms with E-state index in [2.05, 4.69) is 5.32 Å². The van der Waals surface area contributed by atoms with Crippen molar-refractivity contribution in [1.82, 2.24) is 5.32 Å². The summed E-state index contributed by atoms with van der Waals surface area (Å²) >= 11 is 0. The number of carbonyl (C=O) groups is 1. The monoisotopic (exact) mass is 239 g/mol. The van der Waals surface area contributed by atoms with Gasteiger partial charge >= 0.3 is 5.97 Å². The number of carboxylic acids is 1. The summed E-state index contributed by atoms with van der Waals surface area (Å²) in [5.41, 5.74) is 0. The second-order valence-electron chi connectivity index (χ2n) is 3.30. The summed E-state index contributed by atoms with van der Waals surface area (Å²) in [6, 6.07) is 7.40. The minimum atomic E-state index is -0.875. The quantitative estimate of drug-likeness (QED) is 0.666. The highest BCUT2D eigenvalue weighted by Gasteiger charge is 2.02. The molecule has 0 fully saturated rings. The van der Waals surface area contributed by atoms with Crippen LogP contribution in [-0.4, -0.2) is 37.4 Å². The number of benzene rings is 1. The van der Waals surface area contributed by atoms with E-state index in [4.69, 9.17) is 14.6 Å². The average Bonchev–Trinajstić information content (AvgIpc) is 2.31. The number of rotatable bonds is 8. The number of nitrogens with one attached hydrogen (secondary N) is 1. The summed E-state index contributed by atoms with van der Waals surface area (Å²) in [4.78, 5) is 10.2. The first-order valence-electron chi connectivity index (χ1n) is 5.51. The molecule has 0 amide bonds. The van der Waals surface area contributed by atoms with Gasteiger partial charge in [-0.15, -0.1) is 0 Å². The minimum Gasteiger partial charge on any atom is -0.490 e. The summed E-state index contributed by atoms with van der Waals surface area (Å²) in [5, 5.41) is 11.2. The van der Waals surface area contributed by atoms with Crippen molar-refractivity contribution in [3.63, 3.8) is 0 Å². The van der Waals surface area contributed by atoms with E-state index in [-0.39, 0.29) is 6.54 Å². The van der Waals surface area contributed by atoms with Gasteiger partial charge in [0.1, 0.15) is 6.61 Å². The van der Waals surface area contributed by atoms with Crippen LogP contribution in [0.25, 0.3) is 0 Å². The lowest BCUT2D eigenvalue weighted by Gasteiger charge is -2.11. The molecule has 0 spiro atoms. The van der Waals surface area contributed by atoms with E-state index in [0.29, 0.717) is 31.3 Å². The smallest absolute Gasteiger partial charge is 0.317 e. The zero-order valence-corrected chi connectivity index (χ0v) is 9.81. The maximum absolute atomic E-state index is 10.2. The van der Waals surface area contributed by atoms with Gasteiger partial charge in [-0.25, -0.2) is 0 Å². The number of aliphatic carboxylic acids is 1. The van der Waals surface area contributed by atoms with Crippen LogP contribution >= 0.6 is 0 Å². The van der Waals surface area contributed by atoms with Crippen molar-refractivity contribution in [2.45, 2.75) is 6.92 Å². The van der Waals surface area contributed by atoms with E-state index < -0.39 is 5.97 Å². The van der Waals surface area contributed by atoms with Crippen LogP contribution in [0.5, 0.6) is 11.5 Å². The molecule has 1 rings (SSSR count).